The van der Waals surface area contributed by atoms with E-state index < -0.39 is 0 Å². The molecule has 0 amide bonds. The van der Waals surface area contributed by atoms with Crippen LogP contribution in [-0.2, 0) is 4.74 Å². The lowest BCUT2D eigenvalue weighted by Gasteiger charge is -2.10. The minimum atomic E-state index is -0.107. The summed E-state index contributed by atoms with van der Waals surface area (Å²) in [5.74, 6) is 1.59. The molecule has 1 aromatic rings. The number of aromatic amines is 1. The van der Waals surface area contributed by atoms with Gasteiger partial charge in [0.25, 0.3) is 5.56 Å². The molecule has 108 valence electrons. The summed E-state index contributed by atoms with van der Waals surface area (Å²) < 4.78 is 5.47. The van der Waals surface area contributed by atoms with Crippen LogP contribution in [0.1, 0.15) is 52.3 Å². The van der Waals surface area contributed by atoms with Crippen molar-refractivity contribution in [3.8, 4) is 0 Å². The molecule has 5 heteroatoms. The topological polar surface area (TPSA) is 67.0 Å². The normalized spacial score (nSPS) is 11.3. The maximum atomic E-state index is 11.5. The van der Waals surface area contributed by atoms with Gasteiger partial charge in [0, 0.05) is 25.1 Å². The fourth-order valence-electron chi connectivity index (χ4n) is 1.60. The van der Waals surface area contributed by atoms with Crippen LogP contribution in [0.2, 0.25) is 0 Å². The zero-order chi connectivity index (χ0) is 14.3. The molecule has 0 unspecified atom stereocenters. The number of nitrogens with zero attached hydrogens (tertiary/aromatic N) is 1. The van der Waals surface area contributed by atoms with Crippen LogP contribution >= 0.6 is 0 Å². The van der Waals surface area contributed by atoms with Gasteiger partial charge in [-0.25, -0.2) is 4.98 Å². The van der Waals surface area contributed by atoms with Crippen molar-refractivity contribution in [3.63, 3.8) is 0 Å². The number of ether oxygens (including phenoxy) is 1. The Morgan fingerprint density at radius 3 is 2.68 bits per heavy atom. The number of aromatic nitrogens is 2. The molecule has 0 bridgehead atoms. The van der Waals surface area contributed by atoms with Crippen molar-refractivity contribution in [2.75, 3.05) is 18.5 Å². The fraction of sp³-hybridized carbons (Fsp3) is 0.714. The summed E-state index contributed by atoms with van der Waals surface area (Å²) in [6.45, 7) is 9.66. The van der Waals surface area contributed by atoms with E-state index >= 15 is 0 Å². The van der Waals surface area contributed by atoms with E-state index in [9.17, 15) is 4.79 Å². The van der Waals surface area contributed by atoms with E-state index in [-0.39, 0.29) is 17.6 Å². The quantitative estimate of drug-likeness (QED) is 0.710. The molecule has 5 nitrogen and oxygen atoms in total. The number of hydrogen-bond acceptors (Lipinski definition) is 4. The monoisotopic (exact) mass is 267 g/mol. The Labute approximate surface area is 114 Å². The predicted molar refractivity (Wildman–Crippen MR) is 77.8 cm³/mol. The minimum absolute atomic E-state index is 0.107. The third-order valence-corrected chi connectivity index (χ3v) is 2.64. The highest BCUT2D eigenvalue weighted by Gasteiger charge is 2.04. The molecule has 0 spiro atoms. The number of nitrogens with one attached hydrogen (secondary N) is 2. The van der Waals surface area contributed by atoms with Crippen LogP contribution in [0.25, 0.3) is 0 Å². The third-order valence-electron chi connectivity index (χ3n) is 2.64. The van der Waals surface area contributed by atoms with Crippen LogP contribution < -0.4 is 10.9 Å². The Bertz CT molecular complexity index is 427. The van der Waals surface area contributed by atoms with E-state index in [0.717, 1.165) is 31.8 Å². The molecule has 0 aliphatic rings. The van der Waals surface area contributed by atoms with Crippen LogP contribution in [0.15, 0.2) is 10.9 Å². The highest BCUT2D eigenvalue weighted by Crippen LogP contribution is 2.09. The van der Waals surface area contributed by atoms with Gasteiger partial charge in [0.2, 0.25) is 0 Å². The first-order valence-electron chi connectivity index (χ1n) is 6.95. The summed E-state index contributed by atoms with van der Waals surface area (Å²) in [6.07, 6.45) is 2.29. The van der Waals surface area contributed by atoms with E-state index in [4.69, 9.17) is 4.74 Å². The maximum Gasteiger partial charge on any atom is 0.252 e. The Morgan fingerprint density at radius 1 is 1.32 bits per heavy atom. The molecule has 0 saturated carbocycles. The van der Waals surface area contributed by atoms with E-state index in [0.29, 0.717) is 5.82 Å². The zero-order valence-electron chi connectivity index (χ0n) is 12.3. The predicted octanol–water partition coefficient (Wildman–Crippen LogP) is 2.51. The molecule has 19 heavy (non-hydrogen) atoms. The molecule has 0 radical (unpaired) electrons. The van der Waals surface area contributed by atoms with Gasteiger partial charge in [0.15, 0.2) is 0 Å². The van der Waals surface area contributed by atoms with Crippen LogP contribution in [-0.4, -0.2) is 29.2 Å². The summed E-state index contributed by atoms with van der Waals surface area (Å²) in [7, 11) is 0. The van der Waals surface area contributed by atoms with Gasteiger partial charge in [0.05, 0.1) is 6.10 Å². The van der Waals surface area contributed by atoms with E-state index in [2.05, 4.69) is 15.3 Å². The van der Waals surface area contributed by atoms with E-state index in [1.165, 1.54) is 6.07 Å². The lowest BCUT2D eigenvalue weighted by molar-refractivity contribution is 0.0765. The molecule has 1 heterocycles. The van der Waals surface area contributed by atoms with Crippen molar-refractivity contribution in [2.24, 2.45) is 0 Å². The first-order valence-corrected chi connectivity index (χ1v) is 6.95. The van der Waals surface area contributed by atoms with Crippen molar-refractivity contribution in [2.45, 2.75) is 52.6 Å². The molecule has 0 saturated heterocycles. The third kappa shape index (κ3) is 6.38. The highest BCUT2D eigenvalue weighted by atomic mass is 16.5. The Kier molecular flexibility index (Phi) is 6.56. The summed E-state index contributed by atoms with van der Waals surface area (Å²) in [6, 6.07) is 1.50. The van der Waals surface area contributed by atoms with Gasteiger partial charge < -0.3 is 15.0 Å². The van der Waals surface area contributed by atoms with Crippen LogP contribution in [0.4, 0.5) is 5.82 Å². The van der Waals surface area contributed by atoms with Crippen LogP contribution in [0, 0.1) is 0 Å². The number of anilines is 1. The second-order valence-electron chi connectivity index (χ2n) is 5.22. The highest BCUT2D eigenvalue weighted by molar-refractivity contribution is 5.33. The van der Waals surface area contributed by atoms with Crippen LogP contribution in [0.5, 0.6) is 0 Å². The number of rotatable bonds is 8. The summed E-state index contributed by atoms with van der Waals surface area (Å²) in [4.78, 5) is 18.6. The van der Waals surface area contributed by atoms with Gasteiger partial charge >= 0.3 is 0 Å². The molecular formula is C14H25N3O2. The minimum Gasteiger partial charge on any atom is -0.379 e. The first kappa shape index (κ1) is 15.7. The fourth-order valence-corrected chi connectivity index (χ4v) is 1.60. The average molecular weight is 267 g/mol. The largest absolute Gasteiger partial charge is 0.379 e. The van der Waals surface area contributed by atoms with Crippen molar-refractivity contribution in [1.82, 2.24) is 9.97 Å². The van der Waals surface area contributed by atoms with Crippen molar-refractivity contribution in [3.05, 3.63) is 22.2 Å². The lowest BCUT2D eigenvalue weighted by Crippen LogP contribution is -2.15. The number of H-pyrrole nitrogens is 1. The van der Waals surface area contributed by atoms with Crippen LogP contribution in [0.3, 0.4) is 0 Å². The van der Waals surface area contributed by atoms with Gasteiger partial charge in [-0.15, -0.1) is 0 Å². The summed E-state index contributed by atoms with van der Waals surface area (Å²) in [5, 5.41) is 3.18. The SMILES string of the molecule is CC(C)OCCCCNc1cc(=O)[nH]c(C(C)C)n1. The second kappa shape index (κ2) is 7.94. The molecular weight excluding hydrogens is 242 g/mol. The van der Waals surface area contributed by atoms with Crippen molar-refractivity contribution < 1.29 is 4.74 Å². The smallest absolute Gasteiger partial charge is 0.252 e. The molecule has 0 aliphatic heterocycles. The molecule has 0 aromatic carbocycles. The van der Waals surface area contributed by atoms with Gasteiger partial charge in [-0.2, -0.15) is 0 Å². The molecule has 0 atom stereocenters. The molecule has 2 N–H and O–H groups in total. The van der Waals surface area contributed by atoms with Gasteiger partial charge in [0.1, 0.15) is 11.6 Å². The Hall–Kier alpha value is -1.36. The zero-order valence-corrected chi connectivity index (χ0v) is 12.3. The average Bonchev–Trinajstić information content (AvgIpc) is 2.32. The Morgan fingerprint density at radius 2 is 2.05 bits per heavy atom. The molecule has 1 rings (SSSR count). The molecule has 0 fully saturated rings. The van der Waals surface area contributed by atoms with Crippen molar-refractivity contribution >= 4 is 5.82 Å². The lowest BCUT2D eigenvalue weighted by atomic mass is 10.2. The van der Waals surface area contributed by atoms with E-state index in [1.807, 2.05) is 27.7 Å². The maximum absolute atomic E-state index is 11.5. The summed E-state index contributed by atoms with van der Waals surface area (Å²) in [5.41, 5.74) is -0.107. The van der Waals surface area contributed by atoms with Gasteiger partial charge in [-0.1, -0.05) is 13.8 Å². The first-order chi connectivity index (χ1) is 8.99. The van der Waals surface area contributed by atoms with Crippen molar-refractivity contribution in [1.29, 1.82) is 0 Å². The standard InChI is InChI=1S/C14H25N3O2/c1-10(2)14-16-12(9-13(18)17-14)15-7-5-6-8-19-11(3)4/h9-11H,5-8H2,1-4H3,(H2,15,16,17,18). The molecule has 1 aromatic heterocycles. The summed E-state index contributed by atoms with van der Waals surface area (Å²) >= 11 is 0. The van der Waals surface area contributed by atoms with Gasteiger partial charge in [-0.3, -0.25) is 4.79 Å². The number of unbranched alkanes of at least 4 members (excludes halogenated alkanes) is 1. The number of hydrogen-bond donors (Lipinski definition) is 2. The second-order valence-corrected chi connectivity index (χ2v) is 5.22. The van der Waals surface area contributed by atoms with Gasteiger partial charge in [-0.05, 0) is 26.7 Å². The molecule has 0 aliphatic carbocycles. The van der Waals surface area contributed by atoms with E-state index in [1.54, 1.807) is 0 Å². The Balaban J connectivity index is 2.35.